The van der Waals surface area contributed by atoms with Crippen LogP contribution in [0, 0.1) is 11.8 Å². The Kier molecular flexibility index (Phi) is 5.94. The van der Waals surface area contributed by atoms with Gasteiger partial charge >= 0.3 is 0 Å². The molecule has 1 aliphatic rings. The topological polar surface area (TPSA) is 32.3 Å². The highest BCUT2D eigenvalue weighted by Crippen LogP contribution is 2.30. The average Bonchev–Trinajstić information content (AvgIpc) is 2.36. The summed E-state index contributed by atoms with van der Waals surface area (Å²) in [5.41, 5.74) is -0.495. The summed E-state index contributed by atoms with van der Waals surface area (Å²) in [5.74, 6) is 1.67. The molecule has 1 rings (SSSR count). The average molecular weight is 241 g/mol. The Morgan fingerprint density at radius 3 is 2.41 bits per heavy atom. The first kappa shape index (κ1) is 15.0. The van der Waals surface area contributed by atoms with Crippen molar-refractivity contribution in [1.29, 1.82) is 0 Å². The number of nitrogens with one attached hydrogen (secondary N) is 1. The Labute approximate surface area is 107 Å². The lowest BCUT2D eigenvalue weighted by atomic mass is 9.79. The van der Waals surface area contributed by atoms with Crippen LogP contribution in [0.15, 0.2) is 0 Å². The van der Waals surface area contributed by atoms with Gasteiger partial charge in [0.1, 0.15) is 0 Å². The molecule has 1 fully saturated rings. The van der Waals surface area contributed by atoms with E-state index in [2.05, 4.69) is 33.0 Å². The van der Waals surface area contributed by atoms with Crippen molar-refractivity contribution in [2.75, 3.05) is 6.54 Å². The molecule has 2 nitrogen and oxygen atoms in total. The Hall–Kier alpha value is -0.0800. The van der Waals surface area contributed by atoms with E-state index in [0.29, 0.717) is 6.04 Å². The second-order valence-corrected chi connectivity index (χ2v) is 6.18. The first-order valence-corrected chi connectivity index (χ1v) is 7.46. The smallest absolute Gasteiger partial charge is 0.0766 e. The summed E-state index contributed by atoms with van der Waals surface area (Å²) in [6.07, 6.45) is 7.00. The van der Waals surface area contributed by atoms with Gasteiger partial charge in [-0.15, -0.1) is 0 Å². The Balaban J connectivity index is 2.36. The largest absolute Gasteiger partial charge is 0.389 e. The highest BCUT2D eigenvalue weighted by molar-refractivity contribution is 4.84. The minimum atomic E-state index is -0.495. The third-order valence-electron chi connectivity index (χ3n) is 4.69. The van der Waals surface area contributed by atoms with Crippen molar-refractivity contribution in [1.82, 2.24) is 5.32 Å². The van der Waals surface area contributed by atoms with Gasteiger partial charge in [-0.05, 0) is 37.5 Å². The van der Waals surface area contributed by atoms with Crippen molar-refractivity contribution < 1.29 is 5.11 Å². The molecule has 0 aromatic heterocycles. The third-order valence-corrected chi connectivity index (χ3v) is 4.69. The SMILES string of the molecule is CCC(O)(CC)CNC1CCCC(C(C)C)C1. The van der Waals surface area contributed by atoms with Gasteiger partial charge in [-0.25, -0.2) is 0 Å². The molecule has 102 valence electrons. The molecule has 0 heterocycles. The van der Waals surface area contributed by atoms with Gasteiger partial charge in [0.15, 0.2) is 0 Å². The number of hydrogen-bond acceptors (Lipinski definition) is 2. The van der Waals surface area contributed by atoms with Gasteiger partial charge in [0, 0.05) is 12.6 Å². The van der Waals surface area contributed by atoms with Crippen molar-refractivity contribution in [2.45, 2.75) is 77.9 Å². The molecule has 0 aliphatic heterocycles. The van der Waals surface area contributed by atoms with E-state index >= 15 is 0 Å². The normalized spacial score (nSPS) is 26.5. The molecule has 0 aromatic carbocycles. The molecule has 0 bridgehead atoms. The molecule has 1 saturated carbocycles. The van der Waals surface area contributed by atoms with Crippen LogP contribution in [0.5, 0.6) is 0 Å². The Bertz CT molecular complexity index is 211. The second kappa shape index (κ2) is 6.75. The molecule has 2 heteroatoms. The fourth-order valence-electron chi connectivity index (χ4n) is 2.85. The molecular formula is C15H31NO. The van der Waals surface area contributed by atoms with E-state index in [0.717, 1.165) is 31.2 Å². The lowest BCUT2D eigenvalue weighted by Crippen LogP contribution is -2.45. The van der Waals surface area contributed by atoms with Crippen molar-refractivity contribution >= 4 is 0 Å². The molecular weight excluding hydrogens is 210 g/mol. The number of rotatable bonds is 6. The summed E-state index contributed by atoms with van der Waals surface area (Å²) in [6, 6.07) is 0.626. The lowest BCUT2D eigenvalue weighted by molar-refractivity contribution is 0.0271. The molecule has 2 unspecified atom stereocenters. The minimum absolute atomic E-state index is 0.495. The summed E-state index contributed by atoms with van der Waals surface area (Å²) in [4.78, 5) is 0. The van der Waals surface area contributed by atoms with Crippen molar-refractivity contribution in [3.8, 4) is 0 Å². The quantitative estimate of drug-likeness (QED) is 0.747. The fraction of sp³-hybridized carbons (Fsp3) is 1.00. The lowest BCUT2D eigenvalue weighted by Gasteiger charge is -2.35. The molecule has 0 radical (unpaired) electrons. The van der Waals surface area contributed by atoms with E-state index in [1.54, 1.807) is 0 Å². The zero-order chi connectivity index (χ0) is 12.9. The molecule has 17 heavy (non-hydrogen) atoms. The first-order chi connectivity index (χ1) is 8.00. The van der Waals surface area contributed by atoms with Crippen LogP contribution in [-0.4, -0.2) is 23.3 Å². The fourth-order valence-corrected chi connectivity index (χ4v) is 2.85. The predicted octanol–water partition coefficient (Wildman–Crippen LogP) is 3.34. The maximum atomic E-state index is 10.3. The molecule has 0 spiro atoms. The van der Waals surface area contributed by atoms with Gasteiger partial charge in [0.25, 0.3) is 0 Å². The van der Waals surface area contributed by atoms with Crippen LogP contribution in [0.25, 0.3) is 0 Å². The summed E-state index contributed by atoms with van der Waals surface area (Å²) in [7, 11) is 0. The predicted molar refractivity (Wildman–Crippen MR) is 74.1 cm³/mol. The standard InChI is InChI=1S/C15H31NO/c1-5-15(17,6-2)11-16-14-9-7-8-13(10-14)12(3)4/h12-14,16-17H,5-11H2,1-4H3. The van der Waals surface area contributed by atoms with Gasteiger partial charge < -0.3 is 10.4 Å². The summed E-state index contributed by atoms with van der Waals surface area (Å²) in [5, 5.41) is 13.9. The third kappa shape index (κ3) is 4.59. The maximum Gasteiger partial charge on any atom is 0.0766 e. The van der Waals surface area contributed by atoms with Gasteiger partial charge in [-0.3, -0.25) is 0 Å². The van der Waals surface area contributed by atoms with E-state index in [-0.39, 0.29) is 0 Å². The highest BCUT2D eigenvalue weighted by Gasteiger charge is 2.27. The Morgan fingerprint density at radius 2 is 1.88 bits per heavy atom. The van der Waals surface area contributed by atoms with Crippen molar-refractivity contribution in [3.63, 3.8) is 0 Å². The zero-order valence-corrected chi connectivity index (χ0v) is 12.1. The molecule has 2 N–H and O–H groups in total. The van der Waals surface area contributed by atoms with Gasteiger partial charge in [0.2, 0.25) is 0 Å². The highest BCUT2D eigenvalue weighted by atomic mass is 16.3. The second-order valence-electron chi connectivity index (χ2n) is 6.18. The van der Waals surface area contributed by atoms with Crippen LogP contribution < -0.4 is 5.32 Å². The molecule has 2 atom stereocenters. The van der Waals surface area contributed by atoms with Crippen LogP contribution in [0.3, 0.4) is 0 Å². The first-order valence-electron chi connectivity index (χ1n) is 7.46. The maximum absolute atomic E-state index is 10.3. The zero-order valence-electron chi connectivity index (χ0n) is 12.1. The number of hydrogen-bond donors (Lipinski definition) is 2. The van der Waals surface area contributed by atoms with Gasteiger partial charge in [-0.2, -0.15) is 0 Å². The number of aliphatic hydroxyl groups is 1. The van der Waals surface area contributed by atoms with Crippen LogP contribution in [0.1, 0.15) is 66.2 Å². The monoisotopic (exact) mass is 241 g/mol. The van der Waals surface area contributed by atoms with Crippen molar-refractivity contribution in [2.24, 2.45) is 11.8 Å². The van der Waals surface area contributed by atoms with Crippen LogP contribution in [0.4, 0.5) is 0 Å². The van der Waals surface area contributed by atoms with E-state index in [4.69, 9.17) is 0 Å². The van der Waals surface area contributed by atoms with Crippen LogP contribution >= 0.6 is 0 Å². The van der Waals surface area contributed by atoms with E-state index in [9.17, 15) is 5.11 Å². The summed E-state index contributed by atoms with van der Waals surface area (Å²) >= 11 is 0. The molecule has 0 amide bonds. The van der Waals surface area contributed by atoms with Gasteiger partial charge in [-0.1, -0.05) is 40.5 Å². The summed E-state index contributed by atoms with van der Waals surface area (Å²) in [6.45, 7) is 9.57. The van der Waals surface area contributed by atoms with Crippen LogP contribution in [-0.2, 0) is 0 Å². The summed E-state index contributed by atoms with van der Waals surface area (Å²) < 4.78 is 0. The van der Waals surface area contributed by atoms with Crippen molar-refractivity contribution in [3.05, 3.63) is 0 Å². The van der Waals surface area contributed by atoms with Gasteiger partial charge in [0.05, 0.1) is 5.60 Å². The van der Waals surface area contributed by atoms with E-state index in [1.165, 1.54) is 25.7 Å². The molecule has 1 aliphatic carbocycles. The molecule has 0 aromatic rings. The minimum Gasteiger partial charge on any atom is -0.389 e. The Morgan fingerprint density at radius 1 is 1.24 bits per heavy atom. The van der Waals surface area contributed by atoms with E-state index in [1.807, 2.05) is 0 Å². The van der Waals surface area contributed by atoms with E-state index < -0.39 is 5.60 Å². The molecule has 0 saturated heterocycles. The van der Waals surface area contributed by atoms with Crippen LogP contribution in [0.2, 0.25) is 0 Å².